The monoisotopic (exact) mass is 298 g/mol. The van der Waals surface area contributed by atoms with Crippen LogP contribution in [0.15, 0.2) is 53.1 Å². The van der Waals surface area contributed by atoms with E-state index in [0.717, 1.165) is 5.69 Å². The lowest BCUT2D eigenvalue weighted by molar-refractivity contribution is 0.121. The SMILES string of the molecule is COC(=O)Oc1c(-c2ccco2)nn(-c2ccccc2)c1C. The molecule has 1 aromatic carbocycles. The van der Waals surface area contributed by atoms with Crippen molar-refractivity contribution in [2.24, 2.45) is 0 Å². The summed E-state index contributed by atoms with van der Waals surface area (Å²) in [7, 11) is 1.26. The van der Waals surface area contributed by atoms with Crippen molar-refractivity contribution in [2.75, 3.05) is 7.11 Å². The van der Waals surface area contributed by atoms with Crippen LogP contribution in [0.4, 0.5) is 4.79 Å². The Labute approximate surface area is 126 Å². The second-order valence-electron chi connectivity index (χ2n) is 4.54. The highest BCUT2D eigenvalue weighted by Crippen LogP contribution is 2.34. The number of hydrogen-bond donors (Lipinski definition) is 0. The van der Waals surface area contributed by atoms with E-state index in [9.17, 15) is 4.79 Å². The van der Waals surface area contributed by atoms with Gasteiger partial charge in [-0.3, -0.25) is 0 Å². The minimum absolute atomic E-state index is 0.311. The van der Waals surface area contributed by atoms with E-state index in [-0.39, 0.29) is 0 Å². The first-order valence-corrected chi connectivity index (χ1v) is 6.65. The zero-order valence-electron chi connectivity index (χ0n) is 12.1. The van der Waals surface area contributed by atoms with Gasteiger partial charge in [0.25, 0.3) is 0 Å². The smallest absolute Gasteiger partial charge is 0.463 e. The van der Waals surface area contributed by atoms with E-state index in [1.807, 2.05) is 37.3 Å². The molecule has 0 N–H and O–H groups in total. The predicted octanol–water partition coefficient (Wildman–Crippen LogP) is 3.59. The topological polar surface area (TPSA) is 66.5 Å². The van der Waals surface area contributed by atoms with Crippen molar-refractivity contribution >= 4 is 6.16 Å². The molecule has 0 saturated carbocycles. The van der Waals surface area contributed by atoms with Crippen LogP contribution in [-0.2, 0) is 4.74 Å². The lowest BCUT2D eigenvalue weighted by Gasteiger charge is -2.05. The molecular weight excluding hydrogens is 284 g/mol. The molecule has 2 aromatic heterocycles. The fourth-order valence-corrected chi connectivity index (χ4v) is 2.13. The summed E-state index contributed by atoms with van der Waals surface area (Å²) < 4.78 is 16.9. The normalized spacial score (nSPS) is 10.5. The van der Waals surface area contributed by atoms with Crippen molar-refractivity contribution in [2.45, 2.75) is 6.92 Å². The Morgan fingerprint density at radius 1 is 1.18 bits per heavy atom. The molecule has 0 amide bonds. The van der Waals surface area contributed by atoms with Gasteiger partial charge in [-0.05, 0) is 31.2 Å². The second kappa shape index (κ2) is 5.77. The van der Waals surface area contributed by atoms with Gasteiger partial charge in [-0.25, -0.2) is 9.48 Å². The fourth-order valence-electron chi connectivity index (χ4n) is 2.13. The number of furan rings is 1. The lowest BCUT2D eigenvalue weighted by atomic mass is 10.2. The quantitative estimate of drug-likeness (QED) is 0.691. The Morgan fingerprint density at radius 3 is 2.59 bits per heavy atom. The molecule has 0 aliphatic heterocycles. The first kappa shape index (κ1) is 13.9. The molecule has 6 nitrogen and oxygen atoms in total. The first-order chi connectivity index (χ1) is 10.7. The largest absolute Gasteiger partial charge is 0.513 e. The number of nitrogens with zero attached hydrogens (tertiary/aromatic N) is 2. The number of benzene rings is 1. The molecule has 0 aliphatic carbocycles. The van der Waals surface area contributed by atoms with Gasteiger partial charge in [0.05, 0.1) is 24.8 Å². The van der Waals surface area contributed by atoms with Gasteiger partial charge in [-0.1, -0.05) is 18.2 Å². The molecule has 6 heteroatoms. The summed E-state index contributed by atoms with van der Waals surface area (Å²) in [4.78, 5) is 11.5. The molecule has 0 aliphatic rings. The maximum atomic E-state index is 11.5. The number of rotatable bonds is 3. The molecule has 112 valence electrons. The summed E-state index contributed by atoms with van der Waals surface area (Å²) >= 11 is 0. The Morgan fingerprint density at radius 2 is 1.95 bits per heavy atom. The van der Waals surface area contributed by atoms with Gasteiger partial charge < -0.3 is 13.9 Å². The molecule has 3 aromatic rings. The van der Waals surface area contributed by atoms with Crippen LogP contribution in [0.25, 0.3) is 17.1 Å². The van der Waals surface area contributed by atoms with Gasteiger partial charge in [0.2, 0.25) is 0 Å². The van der Waals surface area contributed by atoms with Crippen LogP contribution in [0.3, 0.4) is 0 Å². The molecule has 0 radical (unpaired) electrons. The fraction of sp³-hybridized carbons (Fsp3) is 0.125. The highest BCUT2D eigenvalue weighted by Gasteiger charge is 2.23. The van der Waals surface area contributed by atoms with E-state index in [1.54, 1.807) is 16.8 Å². The van der Waals surface area contributed by atoms with Crippen LogP contribution in [-0.4, -0.2) is 23.0 Å². The summed E-state index contributed by atoms with van der Waals surface area (Å²) in [5.41, 5.74) is 1.97. The molecule has 0 fully saturated rings. The molecule has 22 heavy (non-hydrogen) atoms. The van der Waals surface area contributed by atoms with Gasteiger partial charge in [0.15, 0.2) is 17.2 Å². The Hall–Kier alpha value is -3.02. The minimum atomic E-state index is -0.802. The molecule has 0 spiro atoms. The molecule has 3 rings (SSSR count). The Balaban J connectivity index is 2.14. The van der Waals surface area contributed by atoms with Gasteiger partial charge in [0.1, 0.15) is 0 Å². The van der Waals surface area contributed by atoms with Gasteiger partial charge in [0, 0.05) is 0 Å². The van der Waals surface area contributed by atoms with Crippen molar-refractivity contribution in [1.29, 1.82) is 0 Å². The maximum Gasteiger partial charge on any atom is 0.513 e. The third-order valence-electron chi connectivity index (χ3n) is 3.17. The van der Waals surface area contributed by atoms with Crippen LogP contribution >= 0.6 is 0 Å². The van der Waals surface area contributed by atoms with Crippen LogP contribution in [0.2, 0.25) is 0 Å². The number of para-hydroxylation sites is 1. The van der Waals surface area contributed by atoms with Crippen LogP contribution in [0, 0.1) is 6.92 Å². The summed E-state index contributed by atoms with van der Waals surface area (Å²) in [6, 6.07) is 13.0. The van der Waals surface area contributed by atoms with Crippen molar-refractivity contribution in [1.82, 2.24) is 9.78 Å². The summed E-state index contributed by atoms with van der Waals surface area (Å²) in [5.74, 6) is 0.822. The Kier molecular flexibility index (Phi) is 3.65. The average molecular weight is 298 g/mol. The number of carbonyl (C=O) groups excluding carboxylic acids is 1. The minimum Gasteiger partial charge on any atom is -0.463 e. The third kappa shape index (κ3) is 2.46. The van der Waals surface area contributed by atoms with Gasteiger partial charge >= 0.3 is 6.16 Å². The van der Waals surface area contributed by atoms with Gasteiger partial charge in [-0.15, -0.1) is 0 Å². The molecule has 0 unspecified atom stereocenters. The standard InChI is InChI=1S/C16H14N2O4/c1-11-15(22-16(19)20-2)14(13-9-6-10-21-13)17-18(11)12-7-4-3-5-8-12/h3-10H,1-2H3. The summed E-state index contributed by atoms with van der Waals surface area (Å²) in [6.07, 6.45) is 0.734. The second-order valence-corrected chi connectivity index (χ2v) is 4.54. The lowest BCUT2D eigenvalue weighted by Crippen LogP contribution is -2.08. The number of carbonyl (C=O) groups is 1. The van der Waals surface area contributed by atoms with Crippen molar-refractivity contribution in [3.8, 4) is 22.9 Å². The van der Waals surface area contributed by atoms with Crippen LogP contribution < -0.4 is 4.74 Å². The summed E-state index contributed by atoms with van der Waals surface area (Å²) in [6.45, 7) is 1.81. The van der Waals surface area contributed by atoms with Crippen molar-refractivity contribution in [3.05, 3.63) is 54.4 Å². The number of aromatic nitrogens is 2. The van der Waals surface area contributed by atoms with Crippen molar-refractivity contribution < 1.29 is 18.7 Å². The number of ether oxygens (including phenoxy) is 2. The van der Waals surface area contributed by atoms with E-state index in [2.05, 4.69) is 9.84 Å². The molecular formula is C16H14N2O4. The summed E-state index contributed by atoms with van der Waals surface area (Å²) in [5, 5.41) is 4.50. The van der Waals surface area contributed by atoms with E-state index in [1.165, 1.54) is 13.4 Å². The Bertz CT molecular complexity index is 776. The molecule has 0 bridgehead atoms. The van der Waals surface area contributed by atoms with Crippen LogP contribution in [0.5, 0.6) is 5.75 Å². The van der Waals surface area contributed by atoms with E-state index >= 15 is 0 Å². The maximum absolute atomic E-state index is 11.5. The van der Waals surface area contributed by atoms with E-state index in [4.69, 9.17) is 9.15 Å². The zero-order valence-corrected chi connectivity index (χ0v) is 12.1. The van der Waals surface area contributed by atoms with E-state index in [0.29, 0.717) is 22.9 Å². The van der Waals surface area contributed by atoms with E-state index < -0.39 is 6.16 Å². The van der Waals surface area contributed by atoms with Gasteiger partial charge in [-0.2, -0.15) is 5.10 Å². The molecule has 0 saturated heterocycles. The predicted molar refractivity (Wildman–Crippen MR) is 79.0 cm³/mol. The zero-order chi connectivity index (χ0) is 15.5. The number of methoxy groups -OCH3 is 1. The molecule has 2 heterocycles. The van der Waals surface area contributed by atoms with Crippen molar-refractivity contribution in [3.63, 3.8) is 0 Å². The third-order valence-corrected chi connectivity index (χ3v) is 3.17. The average Bonchev–Trinajstić information content (AvgIpc) is 3.17. The van der Waals surface area contributed by atoms with Crippen LogP contribution in [0.1, 0.15) is 5.69 Å². The number of hydrogen-bond acceptors (Lipinski definition) is 5. The first-order valence-electron chi connectivity index (χ1n) is 6.65. The highest BCUT2D eigenvalue weighted by molar-refractivity contribution is 5.71. The molecule has 0 atom stereocenters. The highest BCUT2D eigenvalue weighted by atomic mass is 16.7.